The van der Waals surface area contributed by atoms with Gasteiger partial charge in [-0.1, -0.05) is 42.5 Å². The van der Waals surface area contributed by atoms with Crippen LogP contribution in [0.1, 0.15) is 25.0 Å². The largest absolute Gasteiger partial charge is 0.319 e. The van der Waals surface area contributed by atoms with Crippen molar-refractivity contribution in [3.63, 3.8) is 0 Å². The quantitative estimate of drug-likeness (QED) is 0.671. The van der Waals surface area contributed by atoms with Gasteiger partial charge in [0.25, 0.3) is 5.69 Å². The average Bonchev–Trinajstić information content (AvgIpc) is 2.79. The molecule has 2 aromatic carbocycles. The van der Waals surface area contributed by atoms with Gasteiger partial charge in [0.1, 0.15) is 0 Å². The molecule has 0 aromatic heterocycles. The summed E-state index contributed by atoms with van der Waals surface area (Å²) in [5.41, 5.74) is 1.59. The fourth-order valence-electron chi connectivity index (χ4n) is 3.20. The van der Waals surface area contributed by atoms with E-state index in [-0.39, 0.29) is 17.6 Å². The molecule has 3 rings (SSSR count). The molecule has 1 heterocycles. The van der Waals surface area contributed by atoms with Crippen LogP contribution in [0.4, 0.5) is 5.69 Å². The average molecular weight is 339 g/mol. The Balaban J connectivity index is 1.73. The van der Waals surface area contributed by atoms with E-state index in [0.717, 1.165) is 11.1 Å². The third-order valence-electron chi connectivity index (χ3n) is 4.54. The lowest BCUT2D eigenvalue weighted by molar-refractivity contribution is -0.384. The van der Waals surface area contributed by atoms with E-state index in [0.29, 0.717) is 13.0 Å². The smallest absolute Gasteiger partial charge is 0.269 e. The number of carbonyl (C=O) groups is 1. The predicted octanol–water partition coefficient (Wildman–Crippen LogP) is 2.87. The number of amides is 1. The van der Waals surface area contributed by atoms with Gasteiger partial charge in [0.2, 0.25) is 5.91 Å². The molecule has 1 amide bonds. The Bertz CT molecular complexity index is 772. The first kappa shape index (κ1) is 17.1. The summed E-state index contributed by atoms with van der Waals surface area (Å²) < 4.78 is 0. The van der Waals surface area contributed by atoms with Crippen LogP contribution < -0.4 is 5.32 Å². The van der Waals surface area contributed by atoms with E-state index in [1.54, 1.807) is 12.1 Å². The molecular formula is C19H21N3O3. The number of carbonyl (C=O) groups excluding carboxylic acids is 1. The molecule has 1 atom stereocenters. The molecule has 1 N–H and O–H groups in total. The number of nitro benzene ring substituents is 1. The minimum absolute atomic E-state index is 0.0483. The van der Waals surface area contributed by atoms with Gasteiger partial charge in [-0.25, -0.2) is 0 Å². The van der Waals surface area contributed by atoms with E-state index in [1.165, 1.54) is 12.1 Å². The van der Waals surface area contributed by atoms with Crippen molar-refractivity contribution >= 4 is 11.6 Å². The van der Waals surface area contributed by atoms with Crippen LogP contribution in [0, 0.1) is 10.1 Å². The van der Waals surface area contributed by atoms with Crippen LogP contribution in [0.5, 0.6) is 0 Å². The topological polar surface area (TPSA) is 75.5 Å². The van der Waals surface area contributed by atoms with Gasteiger partial charge in [-0.05, 0) is 31.4 Å². The highest BCUT2D eigenvalue weighted by Gasteiger charge is 2.43. The van der Waals surface area contributed by atoms with Gasteiger partial charge >= 0.3 is 0 Å². The molecule has 25 heavy (non-hydrogen) atoms. The Morgan fingerprint density at radius 1 is 1.08 bits per heavy atom. The zero-order valence-corrected chi connectivity index (χ0v) is 14.3. The summed E-state index contributed by atoms with van der Waals surface area (Å²) in [7, 11) is 0. The molecule has 1 aliphatic heterocycles. The maximum Gasteiger partial charge on any atom is 0.269 e. The zero-order chi connectivity index (χ0) is 18.0. The Labute approximate surface area is 146 Å². The Morgan fingerprint density at radius 3 is 2.32 bits per heavy atom. The van der Waals surface area contributed by atoms with Gasteiger partial charge in [0, 0.05) is 18.7 Å². The fraction of sp³-hybridized carbons (Fsp3) is 0.316. The lowest BCUT2D eigenvalue weighted by Crippen LogP contribution is -2.46. The lowest BCUT2D eigenvalue weighted by atomic mass is 10.1. The number of nitrogens with zero attached hydrogens (tertiary/aromatic N) is 2. The minimum Gasteiger partial charge on any atom is -0.319 e. The van der Waals surface area contributed by atoms with Crippen LogP contribution in [0.3, 0.4) is 0 Å². The molecule has 6 nitrogen and oxygen atoms in total. The first-order valence-corrected chi connectivity index (χ1v) is 8.23. The molecule has 0 saturated carbocycles. The number of hydrogen-bond acceptors (Lipinski definition) is 4. The minimum atomic E-state index is -0.446. The van der Waals surface area contributed by atoms with Crippen molar-refractivity contribution in [3.8, 4) is 0 Å². The molecular weight excluding hydrogens is 318 g/mol. The third kappa shape index (κ3) is 3.69. The van der Waals surface area contributed by atoms with E-state index in [9.17, 15) is 14.9 Å². The monoisotopic (exact) mass is 339 g/mol. The van der Waals surface area contributed by atoms with Crippen molar-refractivity contribution in [1.29, 1.82) is 0 Å². The van der Waals surface area contributed by atoms with Crippen molar-refractivity contribution < 1.29 is 9.72 Å². The third-order valence-corrected chi connectivity index (χ3v) is 4.54. The molecule has 130 valence electrons. The van der Waals surface area contributed by atoms with Crippen LogP contribution >= 0.6 is 0 Å². The highest BCUT2D eigenvalue weighted by Crippen LogP contribution is 2.26. The Hall–Kier alpha value is -2.73. The summed E-state index contributed by atoms with van der Waals surface area (Å²) in [4.78, 5) is 25.0. The van der Waals surface area contributed by atoms with E-state index < -0.39 is 10.6 Å². The number of benzene rings is 2. The zero-order valence-electron chi connectivity index (χ0n) is 14.3. The van der Waals surface area contributed by atoms with Crippen LogP contribution in [0.25, 0.3) is 0 Å². The molecule has 1 fully saturated rings. The number of non-ortho nitro benzene ring substituents is 1. The summed E-state index contributed by atoms with van der Waals surface area (Å²) in [6.07, 6.45) is 0.506. The molecule has 0 radical (unpaired) electrons. The molecule has 2 aromatic rings. The number of nitro groups is 1. The number of rotatable bonds is 5. The fourth-order valence-corrected chi connectivity index (χ4v) is 3.20. The molecule has 1 saturated heterocycles. The van der Waals surface area contributed by atoms with Gasteiger partial charge < -0.3 is 4.90 Å². The molecule has 0 bridgehead atoms. The van der Waals surface area contributed by atoms with Crippen LogP contribution in [-0.2, 0) is 17.8 Å². The molecule has 0 unspecified atom stereocenters. The molecule has 6 heteroatoms. The Kier molecular flexibility index (Phi) is 4.55. The lowest BCUT2D eigenvalue weighted by Gasteiger charge is -2.31. The highest BCUT2D eigenvalue weighted by molar-refractivity contribution is 5.85. The van der Waals surface area contributed by atoms with Gasteiger partial charge in [0.05, 0.1) is 16.6 Å². The number of hydrogen-bond donors (Lipinski definition) is 1. The predicted molar refractivity (Wildman–Crippen MR) is 94.8 cm³/mol. The molecule has 0 spiro atoms. The molecule has 1 aliphatic rings. The Morgan fingerprint density at radius 2 is 1.72 bits per heavy atom. The van der Waals surface area contributed by atoms with Crippen molar-refractivity contribution in [2.24, 2.45) is 0 Å². The van der Waals surface area contributed by atoms with Crippen LogP contribution in [0.2, 0.25) is 0 Å². The van der Waals surface area contributed by atoms with Crippen molar-refractivity contribution in [3.05, 3.63) is 75.8 Å². The van der Waals surface area contributed by atoms with Gasteiger partial charge in [0.15, 0.2) is 0 Å². The van der Waals surface area contributed by atoms with E-state index in [2.05, 4.69) is 5.32 Å². The summed E-state index contributed by atoms with van der Waals surface area (Å²) in [6.45, 7) is 4.53. The van der Waals surface area contributed by atoms with Gasteiger partial charge in [-0.15, -0.1) is 0 Å². The van der Waals surface area contributed by atoms with Crippen molar-refractivity contribution in [1.82, 2.24) is 10.2 Å². The summed E-state index contributed by atoms with van der Waals surface area (Å²) in [5.74, 6) is 0.0483. The maximum absolute atomic E-state index is 12.9. The second kappa shape index (κ2) is 6.64. The molecule has 0 aliphatic carbocycles. The second-order valence-corrected chi connectivity index (χ2v) is 6.79. The first-order chi connectivity index (χ1) is 11.9. The number of nitrogens with one attached hydrogen (secondary N) is 1. The van der Waals surface area contributed by atoms with E-state index >= 15 is 0 Å². The maximum atomic E-state index is 12.9. The summed E-state index contributed by atoms with van der Waals surface area (Å²) in [6, 6.07) is 15.9. The normalized spacial score (nSPS) is 19.2. The standard InChI is InChI=1S/C19H21N3O3/c1-19(2)20-17(12-14-8-10-16(11-9-14)22(24)25)18(23)21(19)13-15-6-4-3-5-7-15/h3-11,17,20H,12-13H2,1-2H3/t17-/m0/s1. The van der Waals surface area contributed by atoms with Gasteiger partial charge in [-0.2, -0.15) is 0 Å². The van der Waals surface area contributed by atoms with Gasteiger partial charge in [-0.3, -0.25) is 20.2 Å². The van der Waals surface area contributed by atoms with Crippen LogP contribution in [-0.4, -0.2) is 27.4 Å². The van der Waals surface area contributed by atoms with Crippen molar-refractivity contribution in [2.45, 2.75) is 38.5 Å². The summed E-state index contributed by atoms with van der Waals surface area (Å²) >= 11 is 0. The van der Waals surface area contributed by atoms with Crippen molar-refractivity contribution in [2.75, 3.05) is 0 Å². The first-order valence-electron chi connectivity index (χ1n) is 8.23. The highest BCUT2D eigenvalue weighted by atomic mass is 16.6. The summed E-state index contributed by atoms with van der Waals surface area (Å²) in [5, 5.41) is 14.1. The van der Waals surface area contributed by atoms with Crippen LogP contribution in [0.15, 0.2) is 54.6 Å². The second-order valence-electron chi connectivity index (χ2n) is 6.79. The van der Waals surface area contributed by atoms with E-state index in [1.807, 2.05) is 49.1 Å². The van der Waals surface area contributed by atoms with E-state index in [4.69, 9.17) is 0 Å². The SMILES string of the molecule is CC1(C)N[C@@H](Cc2ccc([N+](=O)[O-])cc2)C(=O)N1Cc1ccccc1.